The van der Waals surface area contributed by atoms with Gasteiger partial charge in [-0.2, -0.15) is 4.37 Å². The number of amides is 5. The number of carbonyl (C=O) groups excluding carboxylic acids is 6. The number of primary amides is 1. The SMILES string of the molecule is CC(=O)O[C@@H](C(=O)Nc1ccc2c(N3C(=O)c4ccccc4C3=O)nsc2c1C(N)=O)[C@H]1OCCN(c2cc(C)n(-c3cccnc3)n2)C1=O. The lowest BCUT2D eigenvalue weighted by Gasteiger charge is -2.34. The van der Waals surface area contributed by atoms with Crippen molar-refractivity contribution >= 4 is 74.4 Å². The molecule has 0 radical (unpaired) electrons. The van der Waals surface area contributed by atoms with Crippen molar-refractivity contribution in [1.82, 2.24) is 19.1 Å². The molecule has 2 aliphatic heterocycles. The van der Waals surface area contributed by atoms with Gasteiger partial charge >= 0.3 is 5.97 Å². The molecule has 5 amide bonds. The van der Waals surface area contributed by atoms with E-state index in [1.165, 1.54) is 29.2 Å². The highest BCUT2D eigenvalue weighted by molar-refractivity contribution is 7.14. The molecular formula is C33H26N8O8S. The van der Waals surface area contributed by atoms with Crippen LogP contribution in [0.1, 0.15) is 43.7 Å². The van der Waals surface area contributed by atoms with Crippen LogP contribution in [0.3, 0.4) is 0 Å². The number of esters is 1. The third kappa shape index (κ3) is 5.43. The standard InChI is InChI=1S/C33H26N8O8S/c1-16-14-23(37-41(16)18-6-5-11-35-15-18)39-12-13-48-26(33(39)47)25(49-17(2)42)30(44)36-22-10-9-21-27(24(22)28(34)43)50-38-29(21)40-31(45)19-7-3-4-8-20(19)32(40)46/h3-11,14-15,25-26H,12-13H2,1-2H3,(H2,34,43)(H,36,44)/t25-,26-/m1/s1. The van der Waals surface area contributed by atoms with Gasteiger partial charge in [-0.25, -0.2) is 9.58 Å². The largest absolute Gasteiger partial charge is 0.449 e. The number of pyridine rings is 1. The number of nitrogens with one attached hydrogen (secondary N) is 1. The number of benzene rings is 2. The first-order valence-corrected chi connectivity index (χ1v) is 15.9. The number of hydrogen-bond acceptors (Lipinski definition) is 12. The van der Waals surface area contributed by atoms with Gasteiger partial charge in [0.25, 0.3) is 29.5 Å². The van der Waals surface area contributed by atoms with Crippen LogP contribution in [-0.2, 0) is 23.9 Å². The third-order valence-corrected chi connectivity index (χ3v) is 8.99. The van der Waals surface area contributed by atoms with Gasteiger partial charge in [0, 0.05) is 30.3 Å². The average molecular weight is 695 g/mol. The first-order valence-electron chi connectivity index (χ1n) is 15.1. The molecule has 3 N–H and O–H groups in total. The quantitative estimate of drug-likeness (QED) is 0.178. The Morgan fingerprint density at radius 2 is 1.80 bits per heavy atom. The number of hydrogen-bond donors (Lipinski definition) is 2. The highest BCUT2D eigenvalue weighted by atomic mass is 32.1. The van der Waals surface area contributed by atoms with Crippen LogP contribution >= 0.6 is 11.5 Å². The number of nitrogens with two attached hydrogens (primary N) is 1. The molecule has 16 nitrogen and oxygen atoms in total. The zero-order valence-corrected chi connectivity index (χ0v) is 27.2. The average Bonchev–Trinajstić information content (AvgIpc) is 3.77. The summed E-state index contributed by atoms with van der Waals surface area (Å²) in [5.74, 6) is -4.37. The number of carbonyl (C=O) groups is 6. The highest BCUT2D eigenvalue weighted by Gasteiger charge is 2.44. The fourth-order valence-corrected chi connectivity index (χ4v) is 6.82. The Labute approximate surface area is 286 Å². The molecule has 5 heterocycles. The smallest absolute Gasteiger partial charge is 0.303 e. The van der Waals surface area contributed by atoms with E-state index in [9.17, 15) is 28.8 Å². The van der Waals surface area contributed by atoms with E-state index in [1.54, 1.807) is 54.3 Å². The summed E-state index contributed by atoms with van der Waals surface area (Å²) in [5.41, 5.74) is 7.30. The van der Waals surface area contributed by atoms with E-state index in [4.69, 9.17) is 15.2 Å². The van der Waals surface area contributed by atoms with Crippen LogP contribution < -0.4 is 20.9 Å². The Balaban J connectivity index is 1.18. The highest BCUT2D eigenvalue weighted by Crippen LogP contribution is 2.39. The lowest BCUT2D eigenvalue weighted by atomic mass is 10.1. The van der Waals surface area contributed by atoms with Crippen molar-refractivity contribution in [3.05, 3.63) is 89.4 Å². The Kier molecular flexibility index (Phi) is 8.12. The van der Waals surface area contributed by atoms with Crippen molar-refractivity contribution in [2.24, 2.45) is 5.73 Å². The number of nitrogens with zero attached hydrogens (tertiary/aromatic N) is 6. The van der Waals surface area contributed by atoms with Crippen molar-refractivity contribution in [3.63, 3.8) is 0 Å². The van der Waals surface area contributed by atoms with E-state index in [-0.39, 0.29) is 57.3 Å². The molecule has 0 unspecified atom stereocenters. The van der Waals surface area contributed by atoms with Crippen molar-refractivity contribution in [2.75, 3.05) is 28.3 Å². The van der Waals surface area contributed by atoms with Gasteiger partial charge < -0.3 is 20.5 Å². The molecule has 0 bridgehead atoms. The van der Waals surface area contributed by atoms with Gasteiger partial charge in [-0.05, 0) is 54.9 Å². The van der Waals surface area contributed by atoms with Crippen LogP contribution in [-0.4, -0.2) is 80.0 Å². The van der Waals surface area contributed by atoms with Gasteiger partial charge in [0.05, 0.1) is 52.1 Å². The van der Waals surface area contributed by atoms with Gasteiger partial charge in [-0.15, -0.1) is 5.10 Å². The second-order valence-corrected chi connectivity index (χ2v) is 12.1. The van der Waals surface area contributed by atoms with Crippen molar-refractivity contribution in [2.45, 2.75) is 26.1 Å². The number of aryl methyl sites for hydroxylation is 1. The zero-order chi connectivity index (χ0) is 35.3. The summed E-state index contributed by atoms with van der Waals surface area (Å²) < 4.78 is 17.1. The second-order valence-electron chi connectivity index (χ2n) is 11.3. The van der Waals surface area contributed by atoms with Crippen LogP contribution in [0.5, 0.6) is 0 Å². The van der Waals surface area contributed by atoms with Crippen LogP contribution in [0.2, 0.25) is 0 Å². The predicted octanol–water partition coefficient (Wildman–Crippen LogP) is 2.39. The number of morpholine rings is 1. The summed E-state index contributed by atoms with van der Waals surface area (Å²) in [7, 11) is 0. The van der Waals surface area contributed by atoms with Crippen LogP contribution in [0.4, 0.5) is 17.3 Å². The number of fused-ring (bicyclic) bond motifs is 2. The van der Waals surface area contributed by atoms with Crippen LogP contribution in [0.15, 0.2) is 67.0 Å². The molecule has 1 saturated heterocycles. The predicted molar refractivity (Wildman–Crippen MR) is 178 cm³/mol. The number of imide groups is 1. The number of ether oxygens (including phenoxy) is 2. The zero-order valence-electron chi connectivity index (χ0n) is 26.4. The molecule has 17 heteroatoms. The van der Waals surface area contributed by atoms with Crippen LogP contribution in [0, 0.1) is 6.92 Å². The minimum absolute atomic E-state index is 0.00290. The first kappa shape index (κ1) is 32.2. The lowest BCUT2D eigenvalue weighted by Crippen LogP contribution is -2.56. The normalized spacial score (nSPS) is 16.4. The molecule has 7 rings (SSSR count). The summed E-state index contributed by atoms with van der Waals surface area (Å²) in [6, 6.07) is 14.4. The van der Waals surface area contributed by atoms with Gasteiger partial charge in [-0.3, -0.25) is 38.7 Å². The Hall–Kier alpha value is -6.33. The Bertz CT molecular complexity index is 2220. The maximum atomic E-state index is 13.8. The fraction of sp³-hybridized carbons (Fsp3) is 0.182. The second kappa shape index (κ2) is 12.6. The van der Waals surface area contributed by atoms with Crippen molar-refractivity contribution in [3.8, 4) is 5.69 Å². The lowest BCUT2D eigenvalue weighted by molar-refractivity contribution is -0.167. The Morgan fingerprint density at radius 1 is 1.06 bits per heavy atom. The van der Waals surface area contributed by atoms with Crippen LogP contribution in [0.25, 0.3) is 15.8 Å². The third-order valence-electron chi connectivity index (χ3n) is 8.12. The molecule has 50 heavy (non-hydrogen) atoms. The van der Waals surface area contributed by atoms with E-state index >= 15 is 0 Å². The molecule has 2 atom stereocenters. The number of aromatic nitrogens is 4. The fourth-order valence-electron chi connectivity index (χ4n) is 5.90. The maximum Gasteiger partial charge on any atom is 0.303 e. The number of anilines is 3. The molecule has 252 valence electrons. The minimum atomic E-state index is -1.78. The summed E-state index contributed by atoms with van der Waals surface area (Å²) in [4.78, 5) is 85.2. The molecular weight excluding hydrogens is 668 g/mol. The van der Waals surface area contributed by atoms with Crippen molar-refractivity contribution in [1.29, 1.82) is 0 Å². The van der Waals surface area contributed by atoms with E-state index < -0.39 is 47.7 Å². The summed E-state index contributed by atoms with van der Waals surface area (Å²) in [6.07, 6.45) is -0.113. The van der Waals surface area contributed by atoms with E-state index in [1.807, 2.05) is 0 Å². The van der Waals surface area contributed by atoms with E-state index in [0.29, 0.717) is 11.4 Å². The molecule has 3 aromatic heterocycles. The maximum absolute atomic E-state index is 13.8. The summed E-state index contributed by atoms with van der Waals surface area (Å²) >= 11 is 0.795. The van der Waals surface area contributed by atoms with Gasteiger partial charge in [0.1, 0.15) is 0 Å². The molecule has 2 aliphatic rings. The topological polar surface area (TPSA) is 209 Å². The number of rotatable bonds is 8. The molecule has 0 spiro atoms. The molecule has 0 aliphatic carbocycles. The van der Waals surface area contributed by atoms with Gasteiger partial charge in [-0.1, -0.05) is 12.1 Å². The molecule has 2 aromatic carbocycles. The van der Waals surface area contributed by atoms with Gasteiger partial charge in [0.2, 0.25) is 6.10 Å². The monoisotopic (exact) mass is 694 g/mol. The Morgan fingerprint density at radius 3 is 2.46 bits per heavy atom. The first-order chi connectivity index (χ1) is 24.0. The summed E-state index contributed by atoms with van der Waals surface area (Å²) in [5, 5.41) is 7.35. The molecule has 5 aromatic rings. The van der Waals surface area contributed by atoms with E-state index in [2.05, 4.69) is 19.8 Å². The molecule has 1 fully saturated rings. The van der Waals surface area contributed by atoms with E-state index in [0.717, 1.165) is 23.4 Å². The summed E-state index contributed by atoms with van der Waals surface area (Å²) in [6.45, 7) is 2.97. The molecule has 0 saturated carbocycles. The van der Waals surface area contributed by atoms with Gasteiger partial charge in [0.15, 0.2) is 17.7 Å². The minimum Gasteiger partial charge on any atom is -0.449 e. The van der Waals surface area contributed by atoms with Crippen molar-refractivity contribution < 1.29 is 38.2 Å².